The molecule has 0 aromatic heterocycles. The van der Waals surface area contributed by atoms with Gasteiger partial charge in [-0.05, 0) is 6.42 Å². The molecule has 1 fully saturated rings. The minimum Gasteiger partial charge on any atom is -0.396 e. The molecule has 0 bridgehead atoms. The van der Waals surface area contributed by atoms with Gasteiger partial charge in [-0.1, -0.05) is 0 Å². The van der Waals surface area contributed by atoms with Crippen molar-refractivity contribution in [3.05, 3.63) is 0 Å². The van der Waals surface area contributed by atoms with Crippen molar-refractivity contribution < 1.29 is 19.4 Å². The number of carbonyl (C=O) groups is 1. The number of aldehydes is 1. The Morgan fingerprint density at radius 2 is 2.09 bits per heavy atom. The number of hydrogen-bond acceptors (Lipinski definition) is 4. The van der Waals surface area contributed by atoms with E-state index in [4.69, 9.17) is 14.6 Å². The molecule has 0 aromatic carbocycles. The van der Waals surface area contributed by atoms with Crippen molar-refractivity contribution in [2.24, 2.45) is 0 Å². The van der Waals surface area contributed by atoms with Gasteiger partial charge >= 0.3 is 0 Å². The zero-order valence-corrected chi connectivity index (χ0v) is 6.28. The van der Waals surface area contributed by atoms with E-state index in [9.17, 15) is 4.79 Å². The van der Waals surface area contributed by atoms with E-state index >= 15 is 0 Å². The van der Waals surface area contributed by atoms with E-state index in [1.54, 1.807) is 0 Å². The molecule has 0 saturated carbocycles. The van der Waals surface area contributed by atoms with E-state index in [0.717, 1.165) is 6.42 Å². The molecule has 11 heavy (non-hydrogen) atoms. The van der Waals surface area contributed by atoms with Gasteiger partial charge in [-0.2, -0.15) is 0 Å². The van der Waals surface area contributed by atoms with Crippen LogP contribution in [0, 0.1) is 0 Å². The summed E-state index contributed by atoms with van der Waals surface area (Å²) in [4.78, 5) is 10.5. The molecular formula is C7H12O4. The quantitative estimate of drug-likeness (QED) is 0.576. The Bertz CT molecular complexity index is 123. The molecule has 0 atom stereocenters. The van der Waals surface area contributed by atoms with Gasteiger partial charge in [-0.15, -0.1) is 0 Å². The van der Waals surface area contributed by atoms with Crippen molar-refractivity contribution in [3.63, 3.8) is 0 Å². The van der Waals surface area contributed by atoms with Crippen molar-refractivity contribution >= 4 is 6.29 Å². The number of rotatable bonds is 3. The first kappa shape index (κ1) is 8.64. The van der Waals surface area contributed by atoms with Gasteiger partial charge in [-0.25, -0.2) is 0 Å². The van der Waals surface area contributed by atoms with Gasteiger partial charge in [0.15, 0.2) is 6.29 Å². The van der Waals surface area contributed by atoms with Crippen molar-refractivity contribution in [2.45, 2.75) is 18.6 Å². The van der Waals surface area contributed by atoms with Crippen LogP contribution in [0.3, 0.4) is 0 Å². The fourth-order valence-electron chi connectivity index (χ4n) is 1.02. The predicted octanol–water partition coefficient (Wildman–Crippen LogP) is -0.299. The van der Waals surface area contributed by atoms with Crippen molar-refractivity contribution in [1.29, 1.82) is 0 Å². The summed E-state index contributed by atoms with van der Waals surface area (Å²) >= 11 is 0. The molecule has 0 aromatic rings. The van der Waals surface area contributed by atoms with Crippen LogP contribution < -0.4 is 0 Å². The summed E-state index contributed by atoms with van der Waals surface area (Å²) in [7, 11) is 0. The zero-order chi connectivity index (χ0) is 8.16. The highest BCUT2D eigenvalue weighted by molar-refractivity contribution is 5.60. The molecule has 0 amide bonds. The van der Waals surface area contributed by atoms with E-state index in [1.165, 1.54) is 0 Å². The lowest BCUT2D eigenvalue weighted by atomic mass is 10.2. The average Bonchev–Trinajstić information content (AvgIpc) is 2.07. The lowest BCUT2D eigenvalue weighted by molar-refractivity contribution is -0.249. The van der Waals surface area contributed by atoms with E-state index in [0.29, 0.717) is 19.5 Å². The van der Waals surface area contributed by atoms with Crippen LogP contribution in [0.5, 0.6) is 0 Å². The second-order valence-corrected chi connectivity index (χ2v) is 2.45. The molecule has 1 N–H and O–H groups in total. The van der Waals surface area contributed by atoms with Gasteiger partial charge in [0.05, 0.1) is 13.2 Å². The molecule has 64 valence electrons. The predicted molar refractivity (Wildman–Crippen MR) is 37.0 cm³/mol. The minimum atomic E-state index is -1.16. The molecule has 4 heteroatoms. The van der Waals surface area contributed by atoms with Crippen molar-refractivity contribution in [1.82, 2.24) is 0 Å². The summed E-state index contributed by atoms with van der Waals surface area (Å²) in [6.07, 6.45) is 1.64. The maximum Gasteiger partial charge on any atom is 0.228 e. The molecule has 0 unspecified atom stereocenters. The second-order valence-electron chi connectivity index (χ2n) is 2.45. The van der Waals surface area contributed by atoms with E-state index in [-0.39, 0.29) is 13.0 Å². The third kappa shape index (κ3) is 1.99. The number of aliphatic hydroxyl groups excluding tert-OH is 1. The maximum atomic E-state index is 10.5. The van der Waals surface area contributed by atoms with E-state index < -0.39 is 5.79 Å². The van der Waals surface area contributed by atoms with Gasteiger partial charge in [-0.3, -0.25) is 4.79 Å². The minimum absolute atomic E-state index is 0.0985. The number of carbonyl (C=O) groups excluding carboxylic acids is 1. The summed E-state index contributed by atoms with van der Waals surface area (Å²) in [5.41, 5.74) is 0. The Hall–Kier alpha value is -0.450. The number of hydrogen-bond donors (Lipinski definition) is 1. The normalized spacial score (nSPS) is 23.0. The number of aliphatic hydroxyl groups is 1. The lowest BCUT2D eigenvalue weighted by Crippen LogP contribution is -2.42. The maximum absolute atomic E-state index is 10.5. The Balaban J connectivity index is 2.49. The second kappa shape index (κ2) is 3.80. The monoisotopic (exact) mass is 160 g/mol. The Morgan fingerprint density at radius 1 is 1.45 bits per heavy atom. The zero-order valence-electron chi connectivity index (χ0n) is 6.28. The molecule has 1 heterocycles. The molecule has 1 saturated heterocycles. The molecule has 0 aliphatic carbocycles. The van der Waals surface area contributed by atoms with Gasteiger partial charge in [0.1, 0.15) is 0 Å². The first-order valence-corrected chi connectivity index (χ1v) is 3.68. The first-order chi connectivity index (χ1) is 5.33. The summed E-state index contributed by atoms with van der Waals surface area (Å²) in [5, 5.41) is 8.60. The third-order valence-electron chi connectivity index (χ3n) is 1.62. The molecule has 4 nitrogen and oxygen atoms in total. The first-order valence-electron chi connectivity index (χ1n) is 3.68. The van der Waals surface area contributed by atoms with Crippen LogP contribution >= 0.6 is 0 Å². The lowest BCUT2D eigenvalue weighted by Gasteiger charge is -2.31. The molecular weight excluding hydrogens is 148 g/mol. The van der Waals surface area contributed by atoms with Crippen LogP contribution in [0.2, 0.25) is 0 Å². The Morgan fingerprint density at radius 3 is 2.55 bits per heavy atom. The topological polar surface area (TPSA) is 55.8 Å². The summed E-state index contributed by atoms with van der Waals surface area (Å²) < 4.78 is 10.2. The summed E-state index contributed by atoms with van der Waals surface area (Å²) in [5.74, 6) is -1.16. The summed E-state index contributed by atoms with van der Waals surface area (Å²) in [6.45, 7) is 0.955. The van der Waals surface area contributed by atoms with Gasteiger partial charge in [0, 0.05) is 13.0 Å². The smallest absolute Gasteiger partial charge is 0.228 e. The van der Waals surface area contributed by atoms with Gasteiger partial charge in [0.25, 0.3) is 0 Å². The standard InChI is InChI=1S/C7H12O4/c8-3-2-7(6-9)10-4-1-5-11-7/h6,8H,1-5H2. The highest BCUT2D eigenvalue weighted by Crippen LogP contribution is 2.19. The third-order valence-corrected chi connectivity index (χ3v) is 1.62. The highest BCUT2D eigenvalue weighted by Gasteiger charge is 2.33. The number of ether oxygens (including phenoxy) is 2. The van der Waals surface area contributed by atoms with Crippen LogP contribution in [0.15, 0.2) is 0 Å². The van der Waals surface area contributed by atoms with Crippen LogP contribution in [0.1, 0.15) is 12.8 Å². The van der Waals surface area contributed by atoms with E-state index in [2.05, 4.69) is 0 Å². The highest BCUT2D eigenvalue weighted by atomic mass is 16.7. The average molecular weight is 160 g/mol. The van der Waals surface area contributed by atoms with Crippen molar-refractivity contribution in [2.75, 3.05) is 19.8 Å². The molecule has 0 spiro atoms. The van der Waals surface area contributed by atoms with Crippen LogP contribution in [-0.2, 0) is 14.3 Å². The van der Waals surface area contributed by atoms with Crippen LogP contribution in [0.4, 0.5) is 0 Å². The van der Waals surface area contributed by atoms with Crippen LogP contribution in [-0.4, -0.2) is 37.0 Å². The fraction of sp³-hybridized carbons (Fsp3) is 0.857. The molecule has 0 radical (unpaired) electrons. The molecule has 1 aliphatic heterocycles. The molecule has 1 aliphatic rings. The fourth-order valence-corrected chi connectivity index (χ4v) is 1.02. The molecule has 1 rings (SSSR count). The largest absolute Gasteiger partial charge is 0.396 e. The van der Waals surface area contributed by atoms with Crippen molar-refractivity contribution in [3.8, 4) is 0 Å². The Kier molecular flexibility index (Phi) is 2.99. The van der Waals surface area contributed by atoms with Gasteiger partial charge in [0.2, 0.25) is 5.79 Å². The summed E-state index contributed by atoms with van der Waals surface area (Å²) in [6, 6.07) is 0. The SMILES string of the molecule is O=CC1(CCO)OCCCO1. The van der Waals surface area contributed by atoms with Crippen LogP contribution in [0.25, 0.3) is 0 Å². The van der Waals surface area contributed by atoms with Gasteiger partial charge < -0.3 is 14.6 Å². The Labute approximate surface area is 65.1 Å². The van der Waals surface area contributed by atoms with E-state index in [1.807, 2.05) is 0 Å².